The van der Waals surface area contributed by atoms with Gasteiger partial charge in [-0.1, -0.05) is 6.07 Å². The molecule has 6 rings (SSSR count). The number of nitrogens with one attached hydrogen (secondary N) is 2. The first-order valence-corrected chi connectivity index (χ1v) is 14.3. The number of aromatic amines is 1. The summed E-state index contributed by atoms with van der Waals surface area (Å²) < 4.78 is 25.1. The van der Waals surface area contributed by atoms with Crippen LogP contribution < -0.4 is 10.1 Å². The lowest BCUT2D eigenvalue weighted by Crippen LogP contribution is -2.50. The fourth-order valence-corrected chi connectivity index (χ4v) is 6.04. The molecule has 10 heteroatoms. The van der Waals surface area contributed by atoms with Gasteiger partial charge in [0.05, 0.1) is 12.4 Å². The number of aliphatic hydroxyl groups excluding tert-OH is 1. The largest absolute Gasteiger partial charge is 0.488 e. The molecule has 0 bridgehead atoms. The van der Waals surface area contributed by atoms with Gasteiger partial charge in [-0.25, -0.2) is 4.39 Å². The number of rotatable bonds is 8. The van der Waals surface area contributed by atoms with E-state index in [4.69, 9.17) is 9.15 Å². The van der Waals surface area contributed by atoms with E-state index in [-0.39, 0.29) is 42.9 Å². The van der Waals surface area contributed by atoms with Gasteiger partial charge in [0.1, 0.15) is 29.5 Å². The van der Waals surface area contributed by atoms with Gasteiger partial charge in [-0.05, 0) is 62.9 Å². The molecule has 2 saturated heterocycles. The molecule has 2 aromatic heterocycles. The Hall–Kier alpha value is -3.11. The highest BCUT2D eigenvalue weighted by Gasteiger charge is 2.26. The van der Waals surface area contributed by atoms with E-state index in [2.05, 4.69) is 27.0 Å². The predicted octanol–water partition coefficient (Wildman–Crippen LogP) is 5.09. The molecule has 2 fully saturated rings. The van der Waals surface area contributed by atoms with Crippen LogP contribution in [0.3, 0.4) is 0 Å². The summed E-state index contributed by atoms with van der Waals surface area (Å²) in [5.41, 5.74) is 2.66. The second-order valence-corrected chi connectivity index (χ2v) is 11.3. The Morgan fingerprint density at radius 1 is 1.12 bits per heavy atom. The van der Waals surface area contributed by atoms with Crippen LogP contribution in [-0.4, -0.2) is 76.7 Å². The maximum atomic E-state index is 13.5. The molecule has 4 aromatic rings. The quantitative estimate of drug-likeness (QED) is 0.267. The molecule has 0 aliphatic carbocycles. The average molecular weight is 585 g/mol. The molecule has 2 aromatic carbocycles. The van der Waals surface area contributed by atoms with Gasteiger partial charge >= 0.3 is 0 Å². The van der Waals surface area contributed by atoms with Crippen molar-refractivity contribution in [2.75, 3.05) is 32.7 Å². The van der Waals surface area contributed by atoms with Crippen LogP contribution >= 0.6 is 12.4 Å². The lowest BCUT2D eigenvalue weighted by molar-refractivity contribution is 0.0497. The fraction of sp³-hybridized carbons (Fsp3) is 0.452. The van der Waals surface area contributed by atoms with Gasteiger partial charge < -0.3 is 29.5 Å². The molecule has 0 saturated carbocycles. The third kappa shape index (κ3) is 6.70. The molecule has 2 aliphatic rings. The number of fused-ring (bicyclic) bond motifs is 2. The van der Waals surface area contributed by atoms with Crippen molar-refractivity contribution in [2.24, 2.45) is 0 Å². The number of aromatic nitrogens is 1. The van der Waals surface area contributed by atoms with Crippen LogP contribution in [0.15, 0.2) is 53.1 Å². The number of nitrogens with zero attached hydrogens (tertiary/aromatic N) is 2. The summed E-state index contributed by atoms with van der Waals surface area (Å²) in [5.74, 6) is 0.214. The SMILES string of the molecule is C[C@@H](CN1CCC(NC(=O)c2cc3c(OCc4coc5cc(F)ccc45)cccc3[nH]2)CC1)N1CCC(O)CC1.Cl. The zero-order chi connectivity index (χ0) is 27.6. The van der Waals surface area contributed by atoms with Gasteiger partial charge in [0.25, 0.3) is 5.91 Å². The number of furan rings is 1. The van der Waals surface area contributed by atoms with Crippen LogP contribution in [0.1, 0.15) is 48.7 Å². The Kier molecular flexibility index (Phi) is 9.19. The molecule has 220 valence electrons. The Labute approximate surface area is 245 Å². The second kappa shape index (κ2) is 12.8. The topological polar surface area (TPSA) is 94.0 Å². The molecule has 0 spiro atoms. The Morgan fingerprint density at radius 2 is 1.90 bits per heavy atom. The van der Waals surface area contributed by atoms with Crippen molar-refractivity contribution in [3.8, 4) is 5.75 Å². The molecular weight excluding hydrogens is 547 g/mol. The third-order valence-electron chi connectivity index (χ3n) is 8.44. The van der Waals surface area contributed by atoms with E-state index in [9.17, 15) is 14.3 Å². The number of hydrogen-bond acceptors (Lipinski definition) is 6. The summed E-state index contributed by atoms with van der Waals surface area (Å²) in [7, 11) is 0. The summed E-state index contributed by atoms with van der Waals surface area (Å²) in [6.07, 6.45) is 5.02. The summed E-state index contributed by atoms with van der Waals surface area (Å²) in [6, 6.07) is 12.6. The van der Waals surface area contributed by atoms with Crippen LogP contribution in [0.4, 0.5) is 4.39 Å². The molecule has 3 N–H and O–H groups in total. The van der Waals surface area contributed by atoms with E-state index in [0.29, 0.717) is 23.1 Å². The van der Waals surface area contributed by atoms with Crippen molar-refractivity contribution >= 4 is 40.2 Å². The lowest BCUT2D eigenvalue weighted by Gasteiger charge is -2.39. The van der Waals surface area contributed by atoms with E-state index in [1.165, 1.54) is 12.1 Å². The Morgan fingerprint density at radius 3 is 2.68 bits per heavy atom. The number of carbonyl (C=O) groups is 1. The molecule has 4 heterocycles. The van der Waals surface area contributed by atoms with E-state index in [1.54, 1.807) is 12.3 Å². The van der Waals surface area contributed by atoms with Gasteiger partial charge in [0.2, 0.25) is 0 Å². The highest BCUT2D eigenvalue weighted by atomic mass is 35.5. The number of aliphatic hydroxyl groups is 1. The number of amides is 1. The molecule has 1 atom stereocenters. The highest BCUT2D eigenvalue weighted by Crippen LogP contribution is 2.29. The van der Waals surface area contributed by atoms with Crippen molar-refractivity contribution < 1.29 is 23.4 Å². The number of piperidine rings is 2. The van der Waals surface area contributed by atoms with Gasteiger partial charge in [-0.3, -0.25) is 9.69 Å². The lowest BCUT2D eigenvalue weighted by atomic mass is 10.0. The number of likely N-dealkylation sites (tertiary alicyclic amines) is 2. The minimum atomic E-state index is -0.340. The summed E-state index contributed by atoms with van der Waals surface area (Å²) in [4.78, 5) is 21.4. The van der Waals surface area contributed by atoms with E-state index < -0.39 is 0 Å². The normalized spacial score (nSPS) is 18.4. The smallest absolute Gasteiger partial charge is 0.267 e. The molecular formula is C31H38ClFN4O4. The molecule has 0 radical (unpaired) electrons. The summed E-state index contributed by atoms with van der Waals surface area (Å²) in [5, 5.41) is 14.6. The minimum absolute atomic E-state index is 0. The van der Waals surface area contributed by atoms with Gasteiger partial charge in [0, 0.05) is 72.7 Å². The zero-order valence-corrected chi connectivity index (χ0v) is 24.1. The monoisotopic (exact) mass is 584 g/mol. The molecule has 8 nitrogen and oxygen atoms in total. The van der Waals surface area contributed by atoms with Crippen LogP contribution in [-0.2, 0) is 6.61 Å². The Bertz CT molecular complexity index is 1470. The molecule has 2 aliphatic heterocycles. The maximum absolute atomic E-state index is 13.5. The minimum Gasteiger partial charge on any atom is -0.488 e. The first-order chi connectivity index (χ1) is 19.4. The fourth-order valence-electron chi connectivity index (χ4n) is 6.04. The maximum Gasteiger partial charge on any atom is 0.267 e. The number of H-pyrrole nitrogens is 1. The van der Waals surface area contributed by atoms with Crippen LogP contribution in [0, 0.1) is 5.82 Å². The highest BCUT2D eigenvalue weighted by molar-refractivity contribution is 5.99. The number of carbonyl (C=O) groups excluding carboxylic acids is 1. The van der Waals surface area contributed by atoms with Gasteiger partial charge in [-0.2, -0.15) is 0 Å². The van der Waals surface area contributed by atoms with Crippen molar-refractivity contribution in [2.45, 2.75) is 57.4 Å². The van der Waals surface area contributed by atoms with Crippen molar-refractivity contribution in [3.63, 3.8) is 0 Å². The average Bonchev–Trinajstić information content (AvgIpc) is 3.57. The summed E-state index contributed by atoms with van der Waals surface area (Å²) in [6.45, 7) is 7.42. The van der Waals surface area contributed by atoms with E-state index >= 15 is 0 Å². The zero-order valence-electron chi connectivity index (χ0n) is 23.3. The van der Waals surface area contributed by atoms with Crippen LogP contribution in [0.5, 0.6) is 5.75 Å². The second-order valence-electron chi connectivity index (χ2n) is 11.3. The van der Waals surface area contributed by atoms with Crippen molar-refractivity contribution in [1.82, 2.24) is 20.1 Å². The third-order valence-corrected chi connectivity index (χ3v) is 8.44. The first-order valence-electron chi connectivity index (χ1n) is 14.3. The molecule has 0 unspecified atom stereocenters. The van der Waals surface area contributed by atoms with E-state index in [0.717, 1.165) is 80.3 Å². The first kappa shape index (κ1) is 29.4. The van der Waals surface area contributed by atoms with Crippen LogP contribution in [0.25, 0.3) is 21.9 Å². The molecule has 41 heavy (non-hydrogen) atoms. The van der Waals surface area contributed by atoms with Crippen LogP contribution in [0.2, 0.25) is 0 Å². The number of halogens is 2. The van der Waals surface area contributed by atoms with Crippen molar-refractivity contribution in [3.05, 3.63) is 65.8 Å². The number of ether oxygens (including phenoxy) is 1. The van der Waals surface area contributed by atoms with E-state index in [1.807, 2.05) is 24.3 Å². The summed E-state index contributed by atoms with van der Waals surface area (Å²) >= 11 is 0. The van der Waals surface area contributed by atoms with Gasteiger partial charge in [-0.15, -0.1) is 12.4 Å². The number of hydrogen-bond donors (Lipinski definition) is 3. The Balaban J connectivity index is 0.00000337. The van der Waals surface area contributed by atoms with Crippen molar-refractivity contribution in [1.29, 1.82) is 0 Å². The predicted molar refractivity (Wildman–Crippen MR) is 159 cm³/mol. The molecule has 1 amide bonds. The number of benzene rings is 2. The van der Waals surface area contributed by atoms with Gasteiger partial charge in [0.15, 0.2) is 0 Å². The standard InChI is InChI=1S/C31H37FN4O4.ClH/c1-20(36-13-9-24(37)10-14-36)17-35-11-7-23(8-12-35)33-31(38)28-16-26-27(34-28)3-2-4-29(26)39-18-21-19-40-30-15-22(32)5-6-25(21)30;/h2-6,15-16,19-20,23-24,34,37H,7-14,17-18H2,1H3,(H,33,38);1H/t20-;/m0./s1.